The number of carbonyl (C=O) groups is 1. The zero-order valence-electron chi connectivity index (χ0n) is 11.8. The second-order valence-corrected chi connectivity index (χ2v) is 7.13. The molecule has 20 heavy (non-hydrogen) atoms. The third kappa shape index (κ3) is 4.08. The quantitative estimate of drug-likeness (QED) is 0.727. The minimum atomic E-state index is 0.0320. The van der Waals surface area contributed by atoms with Crippen molar-refractivity contribution >= 4 is 37.8 Å². The second-order valence-electron chi connectivity index (χ2n) is 5.63. The first-order chi connectivity index (χ1) is 9.61. The van der Waals surface area contributed by atoms with Gasteiger partial charge in [-0.15, -0.1) is 0 Å². The van der Waals surface area contributed by atoms with Gasteiger partial charge in [-0.2, -0.15) is 0 Å². The Morgan fingerprint density at radius 2 is 2.00 bits per heavy atom. The summed E-state index contributed by atoms with van der Waals surface area (Å²) < 4.78 is 0.987. The summed E-state index contributed by atoms with van der Waals surface area (Å²) in [5.74, 6) is 1.35. The molecule has 2 rings (SSSR count). The van der Waals surface area contributed by atoms with Gasteiger partial charge in [0.15, 0.2) is 0 Å². The van der Waals surface area contributed by atoms with Gasteiger partial charge in [-0.05, 0) is 49.3 Å². The van der Waals surface area contributed by atoms with Crippen LogP contribution in [0, 0.1) is 18.8 Å². The van der Waals surface area contributed by atoms with Crippen molar-refractivity contribution in [3.63, 3.8) is 0 Å². The molecule has 2 atom stereocenters. The molecule has 0 spiro atoms. The Hall–Kier alpha value is -0.350. The van der Waals surface area contributed by atoms with Crippen molar-refractivity contribution in [2.45, 2.75) is 32.6 Å². The lowest BCUT2D eigenvalue weighted by Crippen LogP contribution is -2.34. The van der Waals surface area contributed by atoms with E-state index < -0.39 is 0 Å². The third-order valence-corrected chi connectivity index (χ3v) is 5.91. The first-order valence-corrected chi connectivity index (χ1v) is 9.13. The smallest absolute Gasteiger partial charge is 0.251 e. The molecule has 0 radical (unpaired) electrons. The molecule has 0 heterocycles. The number of halogens is 2. The summed E-state index contributed by atoms with van der Waals surface area (Å²) in [4.78, 5) is 12.2. The van der Waals surface area contributed by atoms with Crippen LogP contribution < -0.4 is 5.32 Å². The number of carbonyl (C=O) groups excluding carboxylic acids is 1. The number of amides is 1. The molecule has 0 aromatic heterocycles. The summed E-state index contributed by atoms with van der Waals surface area (Å²) in [6.45, 7) is 2.81. The fraction of sp³-hybridized carbons (Fsp3) is 0.562. The Labute approximate surface area is 138 Å². The highest BCUT2D eigenvalue weighted by Gasteiger charge is 2.24. The van der Waals surface area contributed by atoms with Crippen LogP contribution in [0.15, 0.2) is 22.7 Å². The van der Waals surface area contributed by atoms with Crippen LogP contribution in [0.4, 0.5) is 0 Å². The van der Waals surface area contributed by atoms with E-state index >= 15 is 0 Å². The largest absolute Gasteiger partial charge is 0.352 e. The van der Waals surface area contributed by atoms with E-state index in [-0.39, 0.29) is 5.91 Å². The lowest BCUT2D eigenvalue weighted by Gasteiger charge is -2.30. The summed E-state index contributed by atoms with van der Waals surface area (Å²) in [5.41, 5.74) is 1.88. The molecule has 0 saturated heterocycles. The Balaban J connectivity index is 1.92. The van der Waals surface area contributed by atoms with Crippen molar-refractivity contribution in [3.05, 3.63) is 33.8 Å². The van der Waals surface area contributed by atoms with Gasteiger partial charge in [0.2, 0.25) is 0 Å². The molecule has 1 fully saturated rings. The highest BCUT2D eigenvalue weighted by molar-refractivity contribution is 9.10. The fourth-order valence-corrected chi connectivity index (χ4v) is 4.05. The van der Waals surface area contributed by atoms with E-state index in [0.29, 0.717) is 11.8 Å². The predicted octanol–water partition coefficient (Wildman–Crippen LogP) is 4.69. The molecule has 0 aliphatic heterocycles. The number of hydrogen-bond donors (Lipinski definition) is 1. The van der Waals surface area contributed by atoms with E-state index in [9.17, 15) is 4.79 Å². The Kier molecular flexibility index (Phi) is 6.09. The SMILES string of the molecule is Cc1ccc(C(=O)NCC2CCCCC2CBr)cc1Br. The lowest BCUT2D eigenvalue weighted by molar-refractivity contribution is 0.0937. The maximum atomic E-state index is 12.2. The van der Waals surface area contributed by atoms with Crippen molar-refractivity contribution in [3.8, 4) is 0 Å². The van der Waals surface area contributed by atoms with Crippen LogP contribution in [0.25, 0.3) is 0 Å². The molecule has 1 aliphatic carbocycles. The van der Waals surface area contributed by atoms with Gasteiger partial charge in [-0.1, -0.05) is 50.8 Å². The average molecular weight is 403 g/mol. The van der Waals surface area contributed by atoms with Crippen molar-refractivity contribution in [2.24, 2.45) is 11.8 Å². The number of benzene rings is 1. The lowest BCUT2D eigenvalue weighted by atomic mass is 9.80. The fourth-order valence-electron chi connectivity index (χ4n) is 2.82. The van der Waals surface area contributed by atoms with E-state index in [2.05, 4.69) is 37.2 Å². The molecule has 2 unspecified atom stereocenters. The van der Waals surface area contributed by atoms with Crippen LogP contribution in [0.5, 0.6) is 0 Å². The van der Waals surface area contributed by atoms with Crippen molar-refractivity contribution < 1.29 is 4.79 Å². The van der Waals surface area contributed by atoms with Gasteiger partial charge in [0.1, 0.15) is 0 Å². The number of rotatable bonds is 4. The zero-order chi connectivity index (χ0) is 14.5. The van der Waals surface area contributed by atoms with Gasteiger partial charge in [0, 0.05) is 21.9 Å². The van der Waals surface area contributed by atoms with Crippen LogP contribution in [0.2, 0.25) is 0 Å². The van der Waals surface area contributed by atoms with Crippen molar-refractivity contribution in [2.75, 3.05) is 11.9 Å². The predicted molar refractivity (Wildman–Crippen MR) is 90.5 cm³/mol. The summed E-state index contributed by atoms with van der Waals surface area (Å²) in [6.07, 6.45) is 5.13. The number of nitrogens with one attached hydrogen (secondary N) is 1. The molecular formula is C16H21Br2NO. The van der Waals surface area contributed by atoms with Gasteiger partial charge in [-0.3, -0.25) is 4.79 Å². The minimum Gasteiger partial charge on any atom is -0.352 e. The Morgan fingerprint density at radius 3 is 2.65 bits per heavy atom. The number of hydrogen-bond acceptors (Lipinski definition) is 1. The average Bonchev–Trinajstić information content (AvgIpc) is 2.47. The van der Waals surface area contributed by atoms with E-state index in [4.69, 9.17) is 0 Å². The number of aryl methyl sites for hydroxylation is 1. The van der Waals surface area contributed by atoms with Crippen molar-refractivity contribution in [1.29, 1.82) is 0 Å². The van der Waals surface area contributed by atoms with E-state index in [1.807, 2.05) is 25.1 Å². The molecule has 4 heteroatoms. The molecular weight excluding hydrogens is 382 g/mol. The van der Waals surface area contributed by atoms with E-state index in [1.165, 1.54) is 25.7 Å². The monoisotopic (exact) mass is 401 g/mol. The second kappa shape index (κ2) is 7.60. The molecule has 0 bridgehead atoms. The normalized spacial score (nSPS) is 22.6. The summed E-state index contributed by atoms with van der Waals surface area (Å²) in [7, 11) is 0. The van der Waals surface area contributed by atoms with Crippen LogP contribution in [-0.4, -0.2) is 17.8 Å². The summed E-state index contributed by atoms with van der Waals surface area (Å²) >= 11 is 7.08. The molecule has 1 aromatic carbocycles. The standard InChI is InChI=1S/C16H21Br2NO/c1-11-6-7-12(8-15(11)18)16(20)19-10-14-5-3-2-4-13(14)9-17/h6-8,13-14H,2-5,9-10H2,1H3,(H,19,20). The zero-order valence-corrected chi connectivity index (χ0v) is 15.0. The first kappa shape index (κ1) is 16.0. The Bertz CT molecular complexity index is 476. The molecule has 1 aromatic rings. The Morgan fingerprint density at radius 1 is 1.30 bits per heavy atom. The highest BCUT2D eigenvalue weighted by Crippen LogP contribution is 2.30. The van der Waals surface area contributed by atoms with E-state index in [1.54, 1.807) is 0 Å². The van der Waals surface area contributed by atoms with Gasteiger partial charge in [0.05, 0.1) is 0 Å². The minimum absolute atomic E-state index is 0.0320. The van der Waals surface area contributed by atoms with Gasteiger partial charge in [0.25, 0.3) is 5.91 Å². The van der Waals surface area contributed by atoms with Crippen LogP contribution in [-0.2, 0) is 0 Å². The molecule has 2 nitrogen and oxygen atoms in total. The summed E-state index contributed by atoms with van der Waals surface area (Å²) in [5, 5.41) is 4.14. The van der Waals surface area contributed by atoms with Crippen LogP contribution in [0.3, 0.4) is 0 Å². The van der Waals surface area contributed by atoms with Gasteiger partial charge >= 0.3 is 0 Å². The third-order valence-electron chi connectivity index (χ3n) is 4.22. The van der Waals surface area contributed by atoms with Crippen LogP contribution >= 0.6 is 31.9 Å². The molecule has 1 saturated carbocycles. The van der Waals surface area contributed by atoms with Gasteiger partial charge < -0.3 is 5.32 Å². The van der Waals surface area contributed by atoms with Crippen LogP contribution in [0.1, 0.15) is 41.6 Å². The summed E-state index contributed by atoms with van der Waals surface area (Å²) in [6, 6.07) is 5.76. The van der Waals surface area contributed by atoms with Gasteiger partial charge in [-0.25, -0.2) is 0 Å². The topological polar surface area (TPSA) is 29.1 Å². The molecule has 1 aliphatic rings. The van der Waals surface area contributed by atoms with E-state index in [0.717, 1.165) is 27.5 Å². The maximum Gasteiger partial charge on any atom is 0.251 e. The molecule has 1 amide bonds. The maximum absolute atomic E-state index is 12.2. The number of alkyl halides is 1. The molecule has 110 valence electrons. The highest BCUT2D eigenvalue weighted by atomic mass is 79.9. The van der Waals surface area contributed by atoms with Crippen molar-refractivity contribution in [1.82, 2.24) is 5.32 Å². The first-order valence-electron chi connectivity index (χ1n) is 7.22. The molecule has 1 N–H and O–H groups in total.